The van der Waals surface area contributed by atoms with Crippen LogP contribution in [-0.2, 0) is 17.5 Å². The number of rotatable bonds is 3. The number of carbonyl (C=O) groups is 1. The van der Waals surface area contributed by atoms with E-state index in [1.54, 1.807) is 0 Å². The van der Waals surface area contributed by atoms with Gasteiger partial charge < -0.3 is 11.1 Å². The summed E-state index contributed by atoms with van der Waals surface area (Å²) in [6.07, 6.45) is -2.37. The van der Waals surface area contributed by atoms with Crippen molar-refractivity contribution in [3.8, 4) is 0 Å². The first-order valence-electron chi connectivity index (χ1n) is 6.05. The van der Waals surface area contributed by atoms with Crippen molar-refractivity contribution in [1.82, 2.24) is 5.32 Å². The zero-order chi connectivity index (χ0) is 14.1. The van der Waals surface area contributed by atoms with Crippen LogP contribution in [0.4, 0.5) is 13.2 Å². The summed E-state index contributed by atoms with van der Waals surface area (Å²) in [5, 5.41) is 2.49. The maximum absolute atomic E-state index is 12.7. The van der Waals surface area contributed by atoms with E-state index in [1.807, 2.05) is 0 Å². The molecule has 1 aromatic rings. The minimum absolute atomic E-state index is 0.0475. The largest absolute Gasteiger partial charge is 0.416 e. The van der Waals surface area contributed by atoms with Crippen LogP contribution in [0.1, 0.15) is 30.4 Å². The molecule has 1 amide bonds. The first-order chi connectivity index (χ1) is 8.83. The Hall–Kier alpha value is -1.56. The molecule has 3 N–H and O–H groups in total. The molecular formula is C13H15F3N2O. The van der Waals surface area contributed by atoms with E-state index in [1.165, 1.54) is 18.2 Å². The number of hydrogen-bond donors (Lipinski definition) is 2. The second-order valence-electron chi connectivity index (χ2n) is 4.85. The smallest absolute Gasteiger partial charge is 0.350 e. The predicted octanol–water partition coefficient (Wildman–Crippen LogP) is 2.20. The minimum Gasteiger partial charge on any atom is -0.350 e. The van der Waals surface area contributed by atoms with E-state index < -0.39 is 17.3 Å². The van der Waals surface area contributed by atoms with Crippen molar-refractivity contribution in [1.29, 1.82) is 0 Å². The third kappa shape index (κ3) is 2.89. The zero-order valence-corrected chi connectivity index (χ0v) is 10.3. The Balaban J connectivity index is 2.06. The van der Waals surface area contributed by atoms with Crippen LogP contribution in [0.25, 0.3) is 0 Å². The van der Waals surface area contributed by atoms with Gasteiger partial charge in [-0.2, -0.15) is 13.2 Å². The van der Waals surface area contributed by atoms with E-state index in [2.05, 4.69) is 5.32 Å². The summed E-state index contributed by atoms with van der Waals surface area (Å²) in [5.41, 5.74) is 4.23. The van der Waals surface area contributed by atoms with Crippen LogP contribution < -0.4 is 11.1 Å². The monoisotopic (exact) mass is 272 g/mol. The van der Waals surface area contributed by atoms with Crippen LogP contribution in [-0.4, -0.2) is 11.4 Å². The maximum Gasteiger partial charge on any atom is 0.416 e. The van der Waals surface area contributed by atoms with Crippen molar-refractivity contribution in [2.24, 2.45) is 5.73 Å². The molecule has 0 saturated heterocycles. The van der Waals surface area contributed by atoms with Crippen molar-refractivity contribution in [3.63, 3.8) is 0 Å². The van der Waals surface area contributed by atoms with Crippen LogP contribution in [0, 0.1) is 0 Å². The molecule has 0 unspecified atom stereocenters. The fourth-order valence-corrected chi connectivity index (χ4v) is 2.09. The number of nitrogens with two attached hydrogens (primary N) is 1. The summed E-state index contributed by atoms with van der Waals surface area (Å²) >= 11 is 0. The molecule has 1 saturated carbocycles. The highest BCUT2D eigenvalue weighted by atomic mass is 19.4. The standard InChI is InChI=1S/C13H15F3N2O/c14-13(15,16)10-5-2-1-4-9(10)8-18-11(19)12(17)6-3-7-12/h1-2,4-5H,3,6-8,17H2,(H,18,19). The van der Waals surface area contributed by atoms with Crippen molar-refractivity contribution >= 4 is 5.91 Å². The fraction of sp³-hybridized carbons (Fsp3) is 0.462. The Bertz CT molecular complexity index is 481. The molecule has 0 aliphatic heterocycles. The van der Waals surface area contributed by atoms with Gasteiger partial charge in [-0.15, -0.1) is 0 Å². The lowest BCUT2D eigenvalue weighted by atomic mass is 9.77. The predicted molar refractivity (Wildman–Crippen MR) is 64.1 cm³/mol. The molecule has 0 bridgehead atoms. The molecule has 2 rings (SSSR count). The Morgan fingerprint density at radius 3 is 2.47 bits per heavy atom. The first kappa shape index (κ1) is 13.9. The number of nitrogens with one attached hydrogen (secondary N) is 1. The van der Waals surface area contributed by atoms with Crippen LogP contribution in [0.3, 0.4) is 0 Å². The highest BCUT2D eigenvalue weighted by molar-refractivity contribution is 5.86. The van der Waals surface area contributed by atoms with Crippen LogP contribution in [0.5, 0.6) is 0 Å². The van der Waals surface area contributed by atoms with E-state index in [0.29, 0.717) is 12.8 Å². The van der Waals surface area contributed by atoms with E-state index in [-0.39, 0.29) is 18.0 Å². The van der Waals surface area contributed by atoms with Crippen LogP contribution >= 0.6 is 0 Å². The molecule has 104 valence electrons. The van der Waals surface area contributed by atoms with Crippen LogP contribution in [0.15, 0.2) is 24.3 Å². The molecule has 0 aromatic heterocycles. The number of alkyl halides is 3. The van der Waals surface area contributed by atoms with Gasteiger partial charge in [-0.1, -0.05) is 18.2 Å². The second-order valence-corrected chi connectivity index (χ2v) is 4.85. The Morgan fingerprint density at radius 1 is 1.32 bits per heavy atom. The molecular weight excluding hydrogens is 257 g/mol. The maximum atomic E-state index is 12.7. The quantitative estimate of drug-likeness (QED) is 0.886. The number of benzene rings is 1. The lowest BCUT2D eigenvalue weighted by Crippen LogP contribution is -2.58. The third-order valence-electron chi connectivity index (χ3n) is 3.46. The second kappa shape index (κ2) is 4.85. The van der Waals surface area contributed by atoms with Gasteiger partial charge in [-0.05, 0) is 30.9 Å². The molecule has 3 nitrogen and oxygen atoms in total. The Morgan fingerprint density at radius 2 is 1.95 bits per heavy atom. The van der Waals surface area contributed by atoms with Gasteiger partial charge >= 0.3 is 6.18 Å². The fourth-order valence-electron chi connectivity index (χ4n) is 2.09. The van der Waals surface area contributed by atoms with Gasteiger partial charge in [-0.25, -0.2) is 0 Å². The molecule has 1 fully saturated rings. The molecule has 0 radical (unpaired) electrons. The van der Waals surface area contributed by atoms with E-state index in [9.17, 15) is 18.0 Å². The average molecular weight is 272 g/mol. The number of hydrogen-bond acceptors (Lipinski definition) is 2. The minimum atomic E-state index is -4.42. The molecule has 6 heteroatoms. The summed E-state index contributed by atoms with van der Waals surface area (Å²) in [5.74, 6) is -0.379. The lowest BCUT2D eigenvalue weighted by Gasteiger charge is -2.36. The van der Waals surface area contributed by atoms with Gasteiger partial charge in [0.25, 0.3) is 0 Å². The van der Waals surface area contributed by atoms with Gasteiger partial charge in [0.05, 0.1) is 11.1 Å². The number of amides is 1. The van der Waals surface area contributed by atoms with E-state index >= 15 is 0 Å². The summed E-state index contributed by atoms with van der Waals surface area (Å²) in [6, 6.07) is 5.19. The van der Waals surface area contributed by atoms with Gasteiger partial charge in [0.1, 0.15) is 0 Å². The molecule has 1 aliphatic carbocycles. The average Bonchev–Trinajstić information content (AvgIpc) is 2.32. The first-order valence-corrected chi connectivity index (χ1v) is 6.05. The number of halogens is 3. The molecule has 0 atom stereocenters. The molecule has 19 heavy (non-hydrogen) atoms. The topological polar surface area (TPSA) is 55.1 Å². The summed E-state index contributed by atoms with van der Waals surface area (Å²) in [7, 11) is 0. The third-order valence-corrected chi connectivity index (χ3v) is 3.46. The van der Waals surface area contributed by atoms with Crippen LogP contribution in [0.2, 0.25) is 0 Å². The van der Waals surface area contributed by atoms with E-state index in [4.69, 9.17) is 5.73 Å². The van der Waals surface area contributed by atoms with Crippen molar-refractivity contribution in [3.05, 3.63) is 35.4 Å². The molecule has 0 spiro atoms. The highest BCUT2D eigenvalue weighted by Crippen LogP contribution is 2.32. The normalized spacial score (nSPS) is 17.7. The molecule has 1 aliphatic rings. The Labute approximate surface area is 109 Å². The van der Waals surface area contributed by atoms with E-state index in [0.717, 1.165) is 12.5 Å². The Kier molecular flexibility index (Phi) is 3.54. The van der Waals surface area contributed by atoms with Gasteiger partial charge in [0, 0.05) is 6.54 Å². The van der Waals surface area contributed by atoms with Crippen molar-refractivity contribution in [2.75, 3.05) is 0 Å². The zero-order valence-electron chi connectivity index (χ0n) is 10.3. The molecule has 1 aromatic carbocycles. The summed E-state index contributed by atoms with van der Waals surface area (Å²) in [6.45, 7) is -0.159. The lowest BCUT2D eigenvalue weighted by molar-refractivity contribution is -0.138. The summed E-state index contributed by atoms with van der Waals surface area (Å²) in [4.78, 5) is 11.8. The molecule has 0 heterocycles. The van der Waals surface area contributed by atoms with Gasteiger partial charge in [0.2, 0.25) is 5.91 Å². The van der Waals surface area contributed by atoms with Gasteiger partial charge in [0.15, 0.2) is 0 Å². The SMILES string of the molecule is NC1(C(=O)NCc2ccccc2C(F)(F)F)CCC1. The highest BCUT2D eigenvalue weighted by Gasteiger charge is 2.40. The number of carbonyl (C=O) groups excluding carboxylic acids is 1. The van der Waals surface area contributed by atoms with Gasteiger partial charge in [-0.3, -0.25) is 4.79 Å². The van der Waals surface area contributed by atoms with Crippen molar-refractivity contribution in [2.45, 2.75) is 37.5 Å². The summed E-state index contributed by atoms with van der Waals surface area (Å²) < 4.78 is 38.2. The van der Waals surface area contributed by atoms with Crippen molar-refractivity contribution < 1.29 is 18.0 Å².